The third-order valence-corrected chi connectivity index (χ3v) is 4.85. The number of methoxy groups -OCH3 is 1. The molecule has 2 unspecified atom stereocenters. The second-order valence-electron chi connectivity index (χ2n) is 6.43. The molecule has 2 fully saturated rings. The van der Waals surface area contributed by atoms with Crippen LogP contribution < -0.4 is 4.74 Å². The van der Waals surface area contributed by atoms with Crippen molar-refractivity contribution < 1.29 is 24.2 Å². The van der Waals surface area contributed by atoms with E-state index < -0.39 is 5.97 Å². The van der Waals surface area contributed by atoms with Gasteiger partial charge in [-0.2, -0.15) is 0 Å². The molecule has 0 aromatic heterocycles. The number of aliphatic carboxylic acids is 1. The molecule has 1 N–H and O–H groups in total. The van der Waals surface area contributed by atoms with Crippen LogP contribution in [0.5, 0.6) is 5.75 Å². The molecule has 3 rings (SSSR count). The van der Waals surface area contributed by atoms with E-state index in [0.717, 1.165) is 17.7 Å². The van der Waals surface area contributed by atoms with Crippen molar-refractivity contribution in [3.63, 3.8) is 0 Å². The summed E-state index contributed by atoms with van der Waals surface area (Å²) in [5, 5.41) is 9.18. The number of rotatable bonds is 6. The fourth-order valence-electron chi connectivity index (χ4n) is 3.45. The van der Waals surface area contributed by atoms with Crippen molar-refractivity contribution in [2.24, 2.45) is 5.92 Å². The van der Waals surface area contributed by atoms with E-state index >= 15 is 0 Å². The van der Waals surface area contributed by atoms with Crippen molar-refractivity contribution in [2.75, 3.05) is 26.9 Å². The van der Waals surface area contributed by atoms with E-state index in [0.29, 0.717) is 26.1 Å². The van der Waals surface area contributed by atoms with E-state index in [-0.39, 0.29) is 30.3 Å². The molecule has 1 aliphatic carbocycles. The molecule has 1 aromatic rings. The Morgan fingerprint density at radius 1 is 1.33 bits per heavy atom. The van der Waals surface area contributed by atoms with E-state index in [1.54, 1.807) is 12.0 Å². The van der Waals surface area contributed by atoms with E-state index in [4.69, 9.17) is 9.47 Å². The standard InChI is InChI=1S/C18H23NO5/c1-23-14-4-2-3-12(9-14)15-10-16(15)18(22)19(11-17(20)21)13-5-7-24-8-6-13/h2-4,9,13,15-16H,5-8,10-11H2,1H3,(H,20,21). The van der Waals surface area contributed by atoms with E-state index in [1.807, 2.05) is 24.3 Å². The number of hydrogen-bond acceptors (Lipinski definition) is 4. The number of hydrogen-bond donors (Lipinski definition) is 1. The molecule has 0 bridgehead atoms. The number of benzene rings is 1. The number of amides is 1. The summed E-state index contributed by atoms with van der Waals surface area (Å²) in [6.07, 6.45) is 2.18. The minimum atomic E-state index is -0.964. The summed E-state index contributed by atoms with van der Waals surface area (Å²) in [6.45, 7) is 0.931. The summed E-state index contributed by atoms with van der Waals surface area (Å²) >= 11 is 0. The molecule has 1 saturated heterocycles. The minimum Gasteiger partial charge on any atom is -0.497 e. The molecule has 1 aromatic carbocycles. The van der Waals surface area contributed by atoms with Gasteiger partial charge in [0.2, 0.25) is 5.91 Å². The highest BCUT2D eigenvalue weighted by atomic mass is 16.5. The van der Waals surface area contributed by atoms with Gasteiger partial charge in [-0.1, -0.05) is 12.1 Å². The number of carboxylic acid groups (broad SMARTS) is 1. The lowest BCUT2D eigenvalue weighted by Crippen LogP contribution is -2.46. The van der Waals surface area contributed by atoms with Gasteiger partial charge in [0.15, 0.2) is 0 Å². The maximum atomic E-state index is 12.9. The van der Waals surface area contributed by atoms with E-state index in [9.17, 15) is 14.7 Å². The van der Waals surface area contributed by atoms with Gasteiger partial charge >= 0.3 is 5.97 Å². The van der Waals surface area contributed by atoms with Crippen LogP contribution in [-0.2, 0) is 14.3 Å². The zero-order chi connectivity index (χ0) is 17.1. The highest BCUT2D eigenvalue weighted by Gasteiger charge is 2.47. The van der Waals surface area contributed by atoms with Crippen molar-refractivity contribution in [1.29, 1.82) is 0 Å². The first-order valence-electron chi connectivity index (χ1n) is 8.34. The zero-order valence-electron chi connectivity index (χ0n) is 13.8. The van der Waals surface area contributed by atoms with Crippen molar-refractivity contribution in [3.8, 4) is 5.75 Å². The summed E-state index contributed by atoms with van der Waals surface area (Å²) in [7, 11) is 1.62. The molecule has 6 heteroatoms. The fourth-order valence-corrected chi connectivity index (χ4v) is 3.45. The molecule has 130 valence electrons. The van der Waals surface area contributed by atoms with Gasteiger partial charge in [-0.05, 0) is 42.9 Å². The Hall–Kier alpha value is -2.08. The maximum absolute atomic E-state index is 12.9. The van der Waals surface area contributed by atoms with E-state index in [1.165, 1.54) is 0 Å². The van der Waals surface area contributed by atoms with Gasteiger partial charge in [0.05, 0.1) is 7.11 Å². The van der Waals surface area contributed by atoms with Crippen LogP contribution in [0.4, 0.5) is 0 Å². The maximum Gasteiger partial charge on any atom is 0.323 e. The summed E-state index contributed by atoms with van der Waals surface area (Å²) in [5.74, 6) is -0.203. The Morgan fingerprint density at radius 3 is 2.75 bits per heavy atom. The minimum absolute atomic E-state index is 0.0334. The lowest BCUT2D eigenvalue weighted by molar-refractivity contribution is -0.148. The largest absolute Gasteiger partial charge is 0.497 e. The van der Waals surface area contributed by atoms with Crippen LogP contribution in [0.25, 0.3) is 0 Å². The molecule has 0 radical (unpaired) electrons. The first-order valence-corrected chi connectivity index (χ1v) is 8.34. The van der Waals surface area contributed by atoms with Gasteiger partial charge in [0.1, 0.15) is 12.3 Å². The molecule has 1 aliphatic heterocycles. The number of carboxylic acids is 1. The molecule has 24 heavy (non-hydrogen) atoms. The molecule has 1 saturated carbocycles. The second kappa shape index (κ2) is 7.21. The highest BCUT2D eigenvalue weighted by Crippen LogP contribution is 2.49. The number of carbonyl (C=O) groups is 2. The predicted octanol–water partition coefficient (Wildman–Crippen LogP) is 1.89. The van der Waals surface area contributed by atoms with Crippen LogP contribution >= 0.6 is 0 Å². The van der Waals surface area contributed by atoms with Crippen LogP contribution in [0.1, 0.15) is 30.7 Å². The Kier molecular flexibility index (Phi) is 5.04. The number of nitrogens with zero attached hydrogens (tertiary/aromatic N) is 1. The van der Waals surface area contributed by atoms with Crippen molar-refractivity contribution >= 4 is 11.9 Å². The Labute approximate surface area is 141 Å². The monoisotopic (exact) mass is 333 g/mol. The van der Waals surface area contributed by atoms with Crippen LogP contribution in [0.2, 0.25) is 0 Å². The SMILES string of the molecule is COc1cccc(C2CC2C(=O)N(CC(=O)O)C2CCOCC2)c1. The summed E-state index contributed by atoms with van der Waals surface area (Å²) in [4.78, 5) is 25.6. The van der Waals surface area contributed by atoms with Gasteiger partial charge < -0.3 is 19.5 Å². The quantitative estimate of drug-likeness (QED) is 0.860. The molecule has 2 atom stereocenters. The number of carbonyl (C=O) groups excluding carboxylic acids is 1. The molecular weight excluding hydrogens is 310 g/mol. The average Bonchev–Trinajstić information content (AvgIpc) is 3.40. The van der Waals surface area contributed by atoms with Gasteiger partial charge in [-0.15, -0.1) is 0 Å². The van der Waals surface area contributed by atoms with Crippen LogP contribution in [0.15, 0.2) is 24.3 Å². The normalized spacial score (nSPS) is 23.5. The van der Waals surface area contributed by atoms with Crippen LogP contribution in [-0.4, -0.2) is 54.8 Å². The predicted molar refractivity (Wildman–Crippen MR) is 87.0 cm³/mol. The second-order valence-corrected chi connectivity index (χ2v) is 6.43. The Bertz CT molecular complexity index is 611. The average molecular weight is 333 g/mol. The molecule has 1 heterocycles. The lowest BCUT2D eigenvalue weighted by atomic mass is 10.0. The fraction of sp³-hybridized carbons (Fsp3) is 0.556. The molecule has 2 aliphatic rings. The van der Waals surface area contributed by atoms with Crippen molar-refractivity contribution in [3.05, 3.63) is 29.8 Å². The van der Waals surface area contributed by atoms with E-state index in [2.05, 4.69) is 0 Å². The van der Waals surface area contributed by atoms with Gasteiger partial charge in [-0.3, -0.25) is 9.59 Å². The summed E-state index contributed by atoms with van der Waals surface area (Å²) < 4.78 is 10.6. The molecule has 1 amide bonds. The molecular formula is C18H23NO5. The molecule has 0 spiro atoms. The first-order chi connectivity index (χ1) is 11.6. The zero-order valence-corrected chi connectivity index (χ0v) is 13.8. The highest BCUT2D eigenvalue weighted by molar-refractivity contribution is 5.86. The van der Waals surface area contributed by atoms with Crippen molar-refractivity contribution in [1.82, 2.24) is 4.90 Å². The third-order valence-electron chi connectivity index (χ3n) is 4.85. The summed E-state index contributed by atoms with van der Waals surface area (Å²) in [5.41, 5.74) is 1.08. The Balaban J connectivity index is 1.70. The third kappa shape index (κ3) is 3.70. The Morgan fingerprint density at radius 2 is 2.08 bits per heavy atom. The number of ether oxygens (including phenoxy) is 2. The molecule has 6 nitrogen and oxygen atoms in total. The van der Waals surface area contributed by atoms with Gasteiger partial charge in [-0.25, -0.2) is 0 Å². The summed E-state index contributed by atoms with van der Waals surface area (Å²) in [6, 6.07) is 7.71. The van der Waals surface area contributed by atoms with Crippen LogP contribution in [0, 0.1) is 5.92 Å². The van der Waals surface area contributed by atoms with Crippen molar-refractivity contribution in [2.45, 2.75) is 31.2 Å². The topological polar surface area (TPSA) is 76.1 Å². The van der Waals surface area contributed by atoms with Gasteiger partial charge in [0, 0.05) is 25.2 Å². The van der Waals surface area contributed by atoms with Crippen LogP contribution in [0.3, 0.4) is 0 Å². The first kappa shape index (κ1) is 16.8. The smallest absolute Gasteiger partial charge is 0.323 e. The van der Waals surface area contributed by atoms with Gasteiger partial charge in [0.25, 0.3) is 0 Å². The lowest BCUT2D eigenvalue weighted by Gasteiger charge is -2.33.